The molecule has 0 aromatic carbocycles. The second-order valence-electron chi connectivity index (χ2n) is 1.27. The van der Waals surface area contributed by atoms with Crippen LogP contribution in [0.3, 0.4) is 0 Å². The Balaban J connectivity index is -0.000000149. The van der Waals surface area contributed by atoms with Crippen LogP contribution in [-0.2, 0) is 0 Å². The van der Waals surface area contributed by atoms with Crippen molar-refractivity contribution in [2.24, 2.45) is 11.7 Å². The average Bonchev–Trinajstić information content (AvgIpc) is 2.21. The van der Waals surface area contributed by atoms with Crippen molar-refractivity contribution in [1.82, 2.24) is 5.32 Å². The Morgan fingerprint density at radius 2 is 1.09 bits per heavy atom. The maximum Gasteiger partial charge on any atom is 0.000442 e. The normalized spacial score (nSPS) is 10.7. The first-order valence-corrected chi connectivity index (χ1v) is 2.58. The number of hydrogen-bond donors (Lipinski definition) is 3. The highest BCUT2D eigenvalue weighted by atomic mass is 16.0. The van der Waals surface area contributed by atoms with Crippen LogP contribution in [0.4, 0.5) is 0 Å². The molecule has 5 nitrogen and oxygen atoms in total. The lowest BCUT2D eigenvalue weighted by Crippen LogP contribution is -2.02. The van der Waals surface area contributed by atoms with E-state index in [1.165, 1.54) is 0 Å². The van der Waals surface area contributed by atoms with Crippen molar-refractivity contribution in [1.29, 1.82) is 0 Å². The van der Waals surface area contributed by atoms with Gasteiger partial charge >= 0.3 is 0 Å². The average molecular weight is 161 g/mol. The van der Waals surface area contributed by atoms with Gasteiger partial charge in [-0.25, -0.2) is 0 Å². The summed E-state index contributed by atoms with van der Waals surface area (Å²) in [5, 5.41) is 2.92. The minimum absolute atomic E-state index is 0. The van der Waals surface area contributed by atoms with E-state index in [1.54, 1.807) is 0 Å². The Kier molecular flexibility index (Phi) is 23.8. The monoisotopic (exact) mass is 161 g/mol. The van der Waals surface area contributed by atoms with E-state index in [0.29, 0.717) is 0 Å². The van der Waals surface area contributed by atoms with Crippen LogP contribution in [0.1, 0.15) is 0 Å². The third-order valence-corrected chi connectivity index (χ3v) is 0.718. The van der Waals surface area contributed by atoms with E-state index >= 15 is 0 Å². The van der Waals surface area contributed by atoms with Crippen LogP contribution in [0.15, 0.2) is 36.7 Å². The van der Waals surface area contributed by atoms with Crippen LogP contribution < -0.4 is 17.0 Å². The molecule has 0 spiro atoms. The Morgan fingerprint density at radius 3 is 1.45 bits per heavy atom. The maximum atomic E-state index is 4.00. The molecule has 11 heavy (non-hydrogen) atoms. The third-order valence-electron chi connectivity index (χ3n) is 0.718. The van der Waals surface area contributed by atoms with Crippen LogP contribution in [-0.4, -0.2) is 11.0 Å². The van der Waals surface area contributed by atoms with Gasteiger partial charge in [-0.2, -0.15) is 0 Å². The molecule has 0 bridgehead atoms. The maximum absolute atomic E-state index is 4.00. The van der Waals surface area contributed by atoms with Crippen LogP contribution in [0.5, 0.6) is 0 Å². The highest BCUT2D eigenvalue weighted by molar-refractivity contribution is 5.14. The molecular formula is C6H15N3O2. The van der Waals surface area contributed by atoms with Crippen LogP contribution in [0.25, 0.3) is 0 Å². The zero-order chi connectivity index (χ0) is 6.95. The lowest BCUT2D eigenvalue weighted by Gasteiger charge is -1.79. The quantitative estimate of drug-likeness (QED) is 0.290. The summed E-state index contributed by atoms with van der Waals surface area (Å²) in [6.45, 7) is 0. The van der Waals surface area contributed by atoms with Gasteiger partial charge in [0.25, 0.3) is 0 Å². The molecule has 0 aromatic heterocycles. The molecule has 0 amide bonds. The molecule has 1 heterocycles. The summed E-state index contributed by atoms with van der Waals surface area (Å²) in [7, 11) is 0. The fourth-order valence-electron chi connectivity index (χ4n) is 0.406. The summed E-state index contributed by atoms with van der Waals surface area (Å²) in [6.07, 6.45) is 11.6. The van der Waals surface area contributed by atoms with Crippen molar-refractivity contribution in [3.8, 4) is 0 Å². The molecule has 9 N–H and O–H groups in total. The predicted molar refractivity (Wildman–Crippen MR) is 46.2 cm³/mol. The number of hydrazine groups is 1. The second-order valence-corrected chi connectivity index (χ2v) is 1.27. The molecule has 0 aromatic rings. The third kappa shape index (κ3) is 12.1. The van der Waals surface area contributed by atoms with E-state index < -0.39 is 0 Å². The van der Waals surface area contributed by atoms with Crippen molar-refractivity contribution in [2.75, 3.05) is 0 Å². The highest BCUT2D eigenvalue weighted by Gasteiger charge is 1.67. The molecule has 0 radical (unpaired) electrons. The van der Waals surface area contributed by atoms with Crippen molar-refractivity contribution >= 4 is 0 Å². The smallest absolute Gasteiger partial charge is 0.000442 e. The van der Waals surface area contributed by atoms with E-state index in [1.807, 2.05) is 36.7 Å². The molecule has 1 aliphatic heterocycles. The molecule has 1 aliphatic rings. The van der Waals surface area contributed by atoms with Gasteiger partial charge in [0.05, 0.1) is 0 Å². The molecule has 0 saturated carbocycles. The molecule has 0 atom stereocenters. The summed E-state index contributed by atoms with van der Waals surface area (Å²) in [4.78, 5) is 0. The minimum Gasteiger partial charge on any atom is -0.412 e. The van der Waals surface area contributed by atoms with E-state index in [2.05, 4.69) is 17.0 Å². The molecule has 5 heteroatoms. The lowest BCUT2D eigenvalue weighted by atomic mass is 10.5. The fourth-order valence-corrected chi connectivity index (χ4v) is 0.406. The van der Waals surface area contributed by atoms with Gasteiger partial charge in [-0.15, -0.1) is 0 Å². The van der Waals surface area contributed by atoms with Gasteiger partial charge in [-0.3, -0.25) is 11.7 Å². The van der Waals surface area contributed by atoms with Gasteiger partial charge in [0, 0.05) is 12.4 Å². The number of nitrogens with two attached hydrogens (primary N) is 2. The Morgan fingerprint density at radius 1 is 0.727 bits per heavy atom. The minimum atomic E-state index is 0. The zero-order valence-corrected chi connectivity index (χ0v) is 6.12. The molecule has 1 rings (SSSR count). The van der Waals surface area contributed by atoms with Gasteiger partial charge in [0.2, 0.25) is 0 Å². The molecule has 66 valence electrons. The lowest BCUT2D eigenvalue weighted by molar-refractivity contribution is 0.823. The number of allylic oxidation sites excluding steroid dienone is 4. The number of rotatable bonds is 0. The van der Waals surface area contributed by atoms with E-state index in [-0.39, 0.29) is 11.0 Å². The Bertz CT molecular complexity index is 118. The van der Waals surface area contributed by atoms with E-state index in [0.717, 1.165) is 0 Å². The summed E-state index contributed by atoms with van der Waals surface area (Å²) in [5.74, 6) is 8.00. The van der Waals surface area contributed by atoms with Gasteiger partial charge < -0.3 is 16.3 Å². The predicted octanol–water partition coefficient (Wildman–Crippen LogP) is -1.66. The van der Waals surface area contributed by atoms with Crippen molar-refractivity contribution in [2.45, 2.75) is 0 Å². The van der Waals surface area contributed by atoms with E-state index in [9.17, 15) is 0 Å². The molecule has 0 saturated heterocycles. The second kappa shape index (κ2) is 15.9. The SMILES string of the molecule is C1=CC=CNC=C1.NN.O.O. The van der Waals surface area contributed by atoms with Gasteiger partial charge in [0.15, 0.2) is 0 Å². The van der Waals surface area contributed by atoms with Crippen molar-refractivity contribution in [3.63, 3.8) is 0 Å². The Hall–Kier alpha value is -1.14. The first-order valence-electron chi connectivity index (χ1n) is 2.58. The van der Waals surface area contributed by atoms with Crippen LogP contribution in [0.2, 0.25) is 0 Å². The summed E-state index contributed by atoms with van der Waals surface area (Å²) in [5.41, 5.74) is 0. The summed E-state index contributed by atoms with van der Waals surface area (Å²) < 4.78 is 0. The van der Waals surface area contributed by atoms with Crippen LogP contribution in [0, 0.1) is 0 Å². The first kappa shape index (κ1) is 16.4. The van der Waals surface area contributed by atoms with E-state index in [4.69, 9.17) is 0 Å². The Labute approximate surface area is 65.7 Å². The van der Waals surface area contributed by atoms with Gasteiger partial charge in [-0.1, -0.05) is 12.2 Å². The number of nitrogens with one attached hydrogen (secondary N) is 1. The van der Waals surface area contributed by atoms with Crippen molar-refractivity contribution in [3.05, 3.63) is 36.7 Å². The van der Waals surface area contributed by atoms with Gasteiger partial charge in [0.1, 0.15) is 0 Å². The molecular weight excluding hydrogens is 146 g/mol. The largest absolute Gasteiger partial charge is 0.412 e. The van der Waals surface area contributed by atoms with Gasteiger partial charge in [-0.05, 0) is 12.2 Å². The zero-order valence-electron chi connectivity index (χ0n) is 6.12. The summed E-state index contributed by atoms with van der Waals surface area (Å²) >= 11 is 0. The molecule has 0 unspecified atom stereocenters. The first-order chi connectivity index (χ1) is 4.50. The van der Waals surface area contributed by atoms with Crippen molar-refractivity contribution < 1.29 is 11.0 Å². The molecule has 0 aliphatic carbocycles. The molecule has 0 fully saturated rings. The summed E-state index contributed by atoms with van der Waals surface area (Å²) in [6, 6.07) is 0. The standard InChI is InChI=1S/C6H7N.H4N2.2H2O/c1-2-4-6-7-5-3-1;1-2;;/h1-7H;1-2H2;2*1H2. The topological polar surface area (TPSA) is 127 Å². The van der Waals surface area contributed by atoms with Crippen LogP contribution >= 0.6 is 0 Å². The number of hydrogen-bond acceptors (Lipinski definition) is 3. The highest BCUT2D eigenvalue weighted by Crippen LogP contribution is 1.81. The fraction of sp³-hybridized carbons (Fsp3) is 0.